The van der Waals surface area contributed by atoms with Gasteiger partial charge in [-0.05, 0) is 18.1 Å². The Balaban J connectivity index is 1.65. The first-order valence-electron chi connectivity index (χ1n) is 7.40. The van der Waals surface area contributed by atoms with Gasteiger partial charge in [0.25, 0.3) is 5.56 Å². The first kappa shape index (κ1) is 13.7. The van der Waals surface area contributed by atoms with Crippen molar-refractivity contribution in [3.63, 3.8) is 0 Å². The van der Waals surface area contributed by atoms with Crippen LogP contribution in [0.15, 0.2) is 41.6 Å². The number of amides is 1. The van der Waals surface area contributed by atoms with Crippen LogP contribution in [0.3, 0.4) is 0 Å². The lowest BCUT2D eigenvalue weighted by Crippen LogP contribution is -2.35. The number of anilines is 1. The Bertz CT molecular complexity index is 972. The Hall–Kier alpha value is -2.96. The van der Waals surface area contributed by atoms with E-state index in [2.05, 4.69) is 10.1 Å². The average molecular weight is 309 g/mol. The molecule has 0 fully saturated rings. The highest BCUT2D eigenvalue weighted by Crippen LogP contribution is 2.27. The molecular weight excluding hydrogens is 294 g/mol. The topological polar surface area (TPSA) is 73.0 Å². The normalized spacial score (nSPS) is 13.5. The van der Waals surface area contributed by atoms with Crippen LogP contribution < -0.4 is 10.5 Å². The van der Waals surface area contributed by atoms with Crippen molar-refractivity contribution in [3.8, 4) is 0 Å². The van der Waals surface area contributed by atoms with E-state index in [9.17, 15) is 9.59 Å². The van der Waals surface area contributed by atoms with Crippen molar-refractivity contribution in [1.82, 2.24) is 19.3 Å². The number of aryl methyl sites for hydroxylation is 1. The second kappa shape index (κ2) is 5.05. The summed E-state index contributed by atoms with van der Waals surface area (Å²) in [5.41, 5.74) is 2.36. The number of rotatable bonds is 2. The molecule has 0 aliphatic carbocycles. The summed E-state index contributed by atoms with van der Waals surface area (Å²) in [7, 11) is 1.73. The minimum absolute atomic E-state index is 0.0228. The van der Waals surface area contributed by atoms with E-state index in [-0.39, 0.29) is 18.0 Å². The van der Waals surface area contributed by atoms with Crippen molar-refractivity contribution in [3.05, 3.63) is 52.7 Å². The van der Waals surface area contributed by atoms with Gasteiger partial charge in [-0.3, -0.25) is 18.8 Å². The largest absolute Gasteiger partial charge is 0.310 e. The maximum atomic E-state index is 12.6. The van der Waals surface area contributed by atoms with Gasteiger partial charge in [-0.1, -0.05) is 18.2 Å². The van der Waals surface area contributed by atoms with Gasteiger partial charge >= 0.3 is 0 Å². The van der Waals surface area contributed by atoms with Crippen LogP contribution in [0.4, 0.5) is 5.69 Å². The molecule has 0 atom stereocenters. The summed E-state index contributed by atoms with van der Waals surface area (Å²) in [6.07, 6.45) is 3.74. The highest BCUT2D eigenvalue weighted by molar-refractivity contribution is 5.95. The van der Waals surface area contributed by atoms with E-state index in [1.54, 1.807) is 16.6 Å². The molecule has 1 aromatic carbocycles. The lowest BCUT2D eigenvalue weighted by molar-refractivity contribution is -0.119. The van der Waals surface area contributed by atoms with Crippen LogP contribution in [0.25, 0.3) is 11.0 Å². The molecule has 0 saturated carbocycles. The second-order valence-corrected chi connectivity index (χ2v) is 5.61. The predicted octanol–water partition coefficient (Wildman–Crippen LogP) is 0.719. The minimum atomic E-state index is -0.246. The van der Waals surface area contributed by atoms with E-state index < -0.39 is 0 Å². The molecule has 23 heavy (non-hydrogen) atoms. The predicted molar refractivity (Wildman–Crippen MR) is 85.3 cm³/mol. The van der Waals surface area contributed by atoms with Gasteiger partial charge in [0, 0.05) is 19.3 Å². The lowest BCUT2D eigenvalue weighted by atomic mass is 10.2. The minimum Gasteiger partial charge on any atom is -0.310 e. The van der Waals surface area contributed by atoms with Crippen molar-refractivity contribution in [2.45, 2.75) is 13.0 Å². The van der Waals surface area contributed by atoms with Crippen LogP contribution in [0.2, 0.25) is 0 Å². The van der Waals surface area contributed by atoms with E-state index in [1.165, 1.54) is 17.1 Å². The van der Waals surface area contributed by atoms with Gasteiger partial charge < -0.3 is 4.90 Å². The summed E-state index contributed by atoms with van der Waals surface area (Å²) in [6.45, 7) is 0.625. The number of nitrogens with zero attached hydrogens (tertiary/aromatic N) is 5. The Morgan fingerprint density at radius 2 is 2.13 bits per heavy atom. The molecule has 116 valence electrons. The summed E-state index contributed by atoms with van der Waals surface area (Å²) < 4.78 is 2.88. The number of fused-ring (bicyclic) bond motifs is 2. The molecule has 0 spiro atoms. The third-order valence-corrected chi connectivity index (χ3v) is 4.21. The van der Waals surface area contributed by atoms with E-state index >= 15 is 0 Å². The first-order chi connectivity index (χ1) is 11.1. The van der Waals surface area contributed by atoms with E-state index in [0.717, 1.165) is 17.7 Å². The zero-order valence-electron chi connectivity index (χ0n) is 12.6. The summed E-state index contributed by atoms with van der Waals surface area (Å²) in [4.78, 5) is 31.0. The van der Waals surface area contributed by atoms with Crippen molar-refractivity contribution in [1.29, 1.82) is 0 Å². The number of carbonyl (C=O) groups excluding carboxylic acids is 1. The highest BCUT2D eigenvalue weighted by atomic mass is 16.2. The summed E-state index contributed by atoms with van der Waals surface area (Å²) in [6, 6.07) is 7.85. The molecule has 3 aromatic rings. The molecule has 0 radical (unpaired) electrons. The monoisotopic (exact) mass is 309 g/mol. The first-order valence-corrected chi connectivity index (χ1v) is 7.40. The van der Waals surface area contributed by atoms with Crippen molar-refractivity contribution < 1.29 is 4.79 Å². The molecule has 1 aliphatic heterocycles. The number of aromatic nitrogens is 4. The molecule has 7 heteroatoms. The van der Waals surface area contributed by atoms with Crippen molar-refractivity contribution >= 4 is 22.6 Å². The van der Waals surface area contributed by atoms with Gasteiger partial charge in [-0.15, -0.1) is 0 Å². The second-order valence-electron chi connectivity index (χ2n) is 5.61. The zero-order valence-corrected chi connectivity index (χ0v) is 12.6. The molecule has 7 nitrogen and oxygen atoms in total. The maximum Gasteiger partial charge on any atom is 0.264 e. The fourth-order valence-corrected chi connectivity index (χ4v) is 3.01. The molecule has 4 rings (SSSR count). The quantitative estimate of drug-likeness (QED) is 0.699. The fourth-order valence-electron chi connectivity index (χ4n) is 3.01. The molecule has 2 aromatic heterocycles. The number of carbonyl (C=O) groups is 1. The third kappa shape index (κ3) is 2.12. The smallest absolute Gasteiger partial charge is 0.264 e. The van der Waals surface area contributed by atoms with Gasteiger partial charge in [0.2, 0.25) is 5.91 Å². The lowest BCUT2D eigenvalue weighted by Gasteiger charge is -2.17. The van der Waals surface area contributed by atoms with Gasteiger partial charge in [0.05, 0.1) is 6.20 Å². The summed E-state index contributed by atoms with van der Waals surface area (Å²) in [5, 5.41) is 4.45. The van der Waals surface area contributed by atoms with Crippen molar-refractivity contribution in [2.24, 2.45) is 7.05 Å². The number of benzene rings is 1. The van der Waals surface area contributed by atoms with Gasteiger partial charge in [0.15, 0.2) is 5.65 Å². The van der Waals surface area contributed by atoms with Crippen LogP contribution in [0, 0.1) is 0 Å². The van der Waals surface area contributed by atoms with E-state index in [4.69, 9.17) is 0 Å². The maximum absolute atomic E-state index is 12.6. The highest BCUT2D eigenvalue weighted by Gasteiger charge is 2.24. The molecule has 3 heterocycles. The van der Waals surface area contributed by atoms with Gasteiger partial charge in [-0.2, -0.15) is 5.10 Å². The van der Waals surface area contributed by atoms with E-state index in [1.807, 2.05) is 24.3 Å². The third-order valence-electron chi connectivity index (χ3n) is 4.21. The Morgan fingerprint density at radius 1 is 1.30 bits per heavy atom. The van der Waals surface area contributed by atoms with Gasteiger partial charge in [0.1, 0.15) is 18.3 Å². The summed E-state index contributed by atoms with van der Waals surface area (Å²) >= 11 is 0. The number of para-hydroxylation sites is 1. The molecule has 0 unspecified atom stereocenters. The van der Waals surface area contributed by atoms with Crippen LogP contribution >= 0.6 is 0 Å². The fraction of sp³-hybridized carbons (Fsp3) is 0.250. The Morgan fingerprint density at radius 3 is 3.00 bits per heavy atom. The average Bonchev–Trinajstić information content (AvgIpc) is 3.14. The molecule has 1 aliphatic rings. The molecule has 0 saturated heterocycles. The van der Waals surface area contributed by atoms with Crippen molar-refractivity contribution in [2.75, 3.05) is 11.4 Å². The molecular formula is C16H15N5O2. The van der Waals surface area contributed by atoms with Gasteiger partial charge in [-0.25, -0.2) is 4.98 Å². The Kier molecular flexibility index (Phi) is 3.00. The molecule has 0 bridgehead atoms. The SMILES string of the molecule is Cn1ncc2c(=O)n(CC(=O)N3CCc4ccccc43)cnc21. The van der Waals surface area contributed by atoms with Crippen LogP contribution in [0.1, 0.15) is 5.56 Å². The summed E-state index contributed by atoms with van der Waals surface area (Å²) in [5.74, 6) is -0.109. The standard InChI is InChI=1S/C16H15N5O2/c1-19-15-12(8-18-19)16(23)20(10-17-15)9-14(22)21-7-6-11-4-2-3-5-13(11)21/h2-5,8,10H,6-7,9H2,1H3. The zero-order chi connectivity index (χ0) is 16.0. The molecule has 0 N–H and O–H groups in total. The molecule has 1 amide bonds. The van der Waals surface area contributed by atoms with Crippen LogP contribution in [0.5, 0.6) is 0 Å². The van der Waals surface area contributed by atoms with E-state index in [0.29, 0.717) is 17.6 Å². The Labute approximate surface area is 131 Å². The number of hydrogen-bond donors (Lipinski definition) is 0. The van der Waals surface area contributed by atoms with Crippen LogP contribution in [-0.2, 0) is 24.8 Å². The van der Waals surface area contributed by atoms with Crippen LogP contribution in [-0.4, -0.2) is 31.8 Å². The number of hydrogen-bond acceptors (Lipinski definition) is 4.